The molecule has 0 unspecified atom stereocenters. The van der Waals surface area contributed by atoms with Crippen molar-refractivity contribution in [3.63, 3.8) is 0 Å². The molecule has 90 valence electrons. The van der Waals surface area contributed by atoms with Crippen LogP contribution in [0.5, 0.6) is 0 Å². The van der Waals surface area contributed by atoms with Gasteiger partial charge in [0.15, 0.2) is 0 Å². The van der Waals surface area contributed by atoms with Crippen LogP contribution in [0.4, 0.5) is 0 Å². The fraction of sp³-hybridized carbons (Fsp3) is 0.400. The normalized spacial score (nSPS) is 11.4. The van der Waals surface area contributed by atoms with Crippen LogP contribution >= 0.6 is 0 Å². The van der Waals surface area contributed by atoms with Crippen molar-refractivity contribution in [2.24, 2.45) is 5.73 Å². The molecule has 0 atom stereocenters. The summed E-state index contributed by atoms with van der Waals surface area (Å²) in [5, 5.41) is 1.26. The number of pyridine rings is 1. The summed E-state index contributed by atoms with van der Waals surface area (Å²) in [5.41, 5.74) is 10.5. The van der Waals surface area contributed by atoms with Crippen LogP contribution in [-0.2, 0) is 6.42 Å². The van der Waals surface area contributed by atoms with Crippen molar-refractivity contribution in [3.8, 4) is 0 Å². The van der Waals surface area contributed by atoms with Crippen LogP contribution in [0.3, 0.4) is 0 Å². The number of nitrogens with two attached hydrogens (primary N) is 1. The summed E-state index contributed by atoms with van der Waals surface area (Å²) in [4.78, 5) is 4.77. The number of fused-ring (bicyclic) bond motifs is 1. The van der Waals surface area contributed by atoms with Crippen molar-refractivity contribution >= 4 is 10.9 Å². The molecule has 0 saturated carbocycles. The molecule has 1 heterocycles. The Morgan fingerprint density at radius 1 is 1.29 bits per heavy atom. The van der Waals surface area contributed by atoms with Gasteiger partial charge < -0.3 is 5.73 Å². The lowest BCUT2D eigenvalue weighted by Crippen LogP contribution is -2.05. The van der Waals surface area contributed by atoms with E-state index in [0.29, 0.717) is 12.5 Å². The second-order valence-corrected chi connectivity index (χ2v) is 4.87. The summed E-state index contributed by atoms with van der Waals surface area (Å²) < 4.78 is 0. The van der Waals surface area contributed by atoms with Gasteiger partial charge in [0.1, 0.15) is 0 Å². The van der Waals surface area contributed by atoms with Crippen LogP contribution < -0.4 is 5.73 Å². The fourth-order valence-electron chi connectivity index (χ4n) is 2.25. The highest BCUT2D eigenvalue weighted by Gasteiger charge is 2.09. The molecule has 0 aliphatic rings. The van der Waals surface area contributed by atoms with E-state index < -0.39 is 0 Å². The number of aromatic nitrogens is 1. The highest BCUT2D eigenvalue weighted by molar-refractivity contribution is 5.85. The first kappa shape index (κ1) is 12.1. The molecule has 0 spiro atoms. The maximum absolute atomic E-state index is 5.61. The molecule has 0 radical (unpaired) electrons. The third-order valence-corrected chi connectivity index (χ3v) is 3.15. The first-order valence-electron chi connectivity index (χ1n) is 6.22. The fourth-order valence-corrected chi connectivity index (χ4v) is 2.25. The van der Waals surface area contributed by atoms with E-state index in [2.05, 4.69) is 45.0 Å². The van der Waals surface area contributed by atoms with Crippen molar-refractivity contribution in [1.29, 1.82) is 0 Å². The predicted octanol–water partition coefficient (Wildman–Crippen LogP) is 3.17. The molecule has 0 aliphatic carbocycles. The smallest absolute Gasteiger partial charge is 0.0742 e. The van der Waals surface area contributed by atoms with Crippen LogP contribution in [0, 0.1) is 6.92 Å². The summed E-state index contributed by atoms with van der Waals surface area (Å²) in [6, 6.07) is 8.59. The summed E-state index contributed by atoms with van der Waals surface area (Å²) in [5.74, 6) is 0.499. The lowest BCUT2D eigenvalue weighted by atomic mass is 9.97. The van der Waals surface area contributed by atoms with Crippen molar-refractivity contribution < 1.29 is 0 Å². The molecule has 0 aliphatic heterocycles. The van der Waals surface area contributed by atoms with Gasteiger partial charge in [-0.3, -0.25) is 4.98 Å². The molecular weight excluding hydrogens is 208 g/mol. The molecule has 1 aromatic carbocycles. The van der Waals surface area contributed by atoms with Gasteiger partial charge in [0.25, 0.3) is 0 Å². The molecule has 2 aromatic rings. The summed E-state index contributed by atoms with van der Waals surface area (Å²) in [6.45, 7) is 7.22. The van der Waals surface area contributed by atoms with Gasteiger partial charge in [-0.15, -0.1) is 0 Å². The summed E-state index contributed by atoms with van der Waals surface area (Å²) >= 11 is 0. The highest BCUT2D eigenvalue weighted by atomic mass is 14.7. The number of para-hydroxylation sites is 1. The molecule has 2 rings (SSSR count). The molecule has 2 heteroatoms. The first-order chi connectivity index (χ1) is 8.13. The van der Waals surface area contributed by atoms with Crippen molar-refractivity contribution in [3.05, 3.63) is 41.1 Å². The van der Waals surface area contributed by atoms with E-state index in [4.69, 9.17) is 10.7 Å². The molecule has 17 heavy (non-hydrogen) atoms. The van der Waals surface area contributed by atoms with Gasteiger partial charge >= 0.3 is 0 Å². The average Bonchev–Trinajstić information content (AvgIpc) is 2.28. The third kappa shape index (κ3) is 2.32. The lowest BCUT2D eigenvalue weighted by molar-refractivity contribution is 0.867. The van der Waals surface area contributed by atoms with E-state index in [1.807, 2.05) is 0 Å². The van der Waals surface area contributed by atoms with E-state index in [-0.39, 0.29) is 0 Å². The van der Waals surface area contributed by atoms with Crippen LogP contribution in [-0.4, -0.2) is 11.5 Å². The number of rotatable bonds is 3. The quantitative estimate of drug-likeness (QED) is 0.876. The minimum absolute atomic E-state index is 0.499. The largest absolute Gasteiger partial charge is 0.330 e. The van der Waals surface area contributed by atoms with Gasteiger partial charge in [0.2, 0.25) is 0 Å². The van der Waals surface area contributed by atoms with E-state index in [1.54, 1.807) is 0 Å². The Balaban J connectivity index is 2.69. The minimum Gasteiger partial charge on any atom is -0.330 e. The van der Waals surface area contributed by atoms with Gasteiger partial charge in [-0.05, 0) is 36.6 Å². The SMILES string of the molecule is Cc1cc(CCN)nc2c(C(C)C)cccc12. The molecule has 0 fully saturated rings. The topological polar surface area (TPSA) is 38.9 Å². The number of aryl methyl sites for hydroxylation is 1. The zero-order valence-electron chi connectivity index (χ0n) is 10.8. The van der Waals surface area contributed by atoms with Crippen molar-refractivity contribution in [1.82, 2.24) is 4.98 Å². The molecule has 1 aromatic heterocycles. The Morgan fingerprint density at radius 3 is 2.71 bits per heavy atom. The van der Waals surface area contributed by atoms with E-state index in [0.717, 1.165) is 17.6 Å². The van der Waals surface area contributed by atoms with Gasteiger partial charge in [0, 0.05) is 17.5 Å². The van der Waals surface area contributed by atoms with Gasteiger partial charge in [-0.25, -0.2) is 0 Å². The van der Waals surface area contributed by atoms with Crippen molar-refractivity contribution in [2.75, 3.05) is 6.54 Å². The molecule has 0 bridgehead atoms. The molecule has 0 amide bonds. The third-order valence-electron chi connectivity index (χ3n) is 3.15. The Bertz CT molecular complexity index is 530. The summed E-state index contributed by atoms with van der Waals surface area (Å²) in [7, 11) is 0. The van der Waals surface area contributed by atoms with E-state index in [1.165, 1.54) is 16.5 Å². The van der Waals surface area contributed by atoms with Crippen LogP contribution in [0.1, 0.15) is 36.6 Å². The van der Waals surface area contributed by atoms with Gasteiger partial charge in [0.05, 0.1) is 5.52 Å². The number of benzene rings is 1. The monoisotopic (exact) mass is 228 g/mol. The van der Waals surface area contributed by atoms with Crippen LogP contribution in [0.2, 0.25) is 0 Å². The number of hydrogen-bond acceptors (Lipinski definition) is 2. The zero-order valence-corrected chi connectivity index (χ0v) is 10.8. The standard InChI is InChI=1S/C15H20N2/c1-10(2)13-5-4-6-14-11(3)9-12(7-8-16)17-15(13)14/h4-6,9-10H,7-8,16H2,1-3H3. The van der Waals surface area contributed by atoms with Crippen LogP contribution in [0.25, 0.3) is 10.9 Å². The zero-order chi connectivity index (χ0) is 12.4. The van der Waals surface area contributed by atoms with Crippen LogP contribution in [0.15, 0.2) is 24.3 Å². The Hall–Kier alpha value is -1.41. The first-order valence-corrected chi connectivity index (χ1v) is 6.22. The lowest BCUT2D eigenvalue weighted by Gasteiger charge is -2.12. The summed E-state index contributed by atoms with van der Waals surface area (Å²) in [6.07, 6.45) is 0.850. The van der Waals surface area contributed by atoms with Gasteiger partial charge in [-0.2, -0.15) is 0 Å². The maximum Gasteiger partial charge on any atom is 0.0742 e. The van der Waals surface area contributed by atoms with Gasteiger partial charge in [-0.1, -0.05) is 32.0 Å². The molecule has 0 saturated heterocycles. The Morgan fingerprint density at radius 2 is 2.06 bits per heavy atom. The average molecular weight is 228 g/mol. The maximum atomic E-state index is 5.61. The molecular formula is C15H20N2. The second-order valence-electron chi connectivity index (χ2n) is 4.87. The number of nitrogens with zero attached hydrogens (tertiary/aromatic N) is 1. The Kier molecular flexibility index (Phi) is 3.43. The Labute approximate surface area is 103 Å². The molecule has 2 N–H and O–H groups in total. The predicted molar refractivity (Wildman–Crippen MR) is 73.3 cm³/mol. The second kappa shape index (κ2) is 4.84. The highest BCUT2D eigenvalue weighted by Crippen LogP contribution is 2.26. The van der Waals surface area contributed by atoms with E-state index in [9.17, 15) is 0 Å². The van der Waals surface area contributed by atoms with E-state index >= 15 is 0 Å². The van der Waals surface area contributed by atoms with Crippen molar-refractivity contribution in [2.45, 2.75) is 33.1 Å². The molecule has 2 nitrogen and oxygen atoms in total. The minimum atomic E-state index is 0.499. The number of hydrogen-bond donors (Lipinski definition) is 1.